The first-order valence-electron chi connectivity index (χ1n) is 10.8. The minimum Gasteiger partial charge on any atom is -0.339 e. The van der Waals surface area contributed by atoms with E-state index in [1.165, 1.54) is 0 Å². The van der Waals surface area contributed by atoms with Gasteiger partial charge in [-0.15, -0.1) is 22.7 Å². The summed E-state index contributed by atoms with van der Waals surface area (Å²) in [5.41, 5.74) is 1.57. The van der Waals surface area contributed by atoms with E-state index in [2.05, 4.69) is 18.0 Å². The van der Waals surface area contributed by atoms with E-state index >= 15 is 0 Å². The molecule has 4 rings (SSSR count). The first kappa shape index (κ1) is 21.7. The number of hydrogen-bond donors (Lipinski definition) is 0. The zero-order valence-electron chi connectivity index (χ0n) is 17.7. The zero-order chi connectivity index (χ0) is 21.6. The average Bonchev–Trinajstić information content (AvgIpc) is 3.50. The van der Waals surface area contributed by atoms with Crippen molar-refractivity contribution in [2.75, 3.05) is 19.6 Å². The van der Waals surface area contributed by atoms with Crippen molar-refractivity contribution < 1.29 is 9.59 Å². The van der Waals surface area contributed by atoms with Crippen molar-refractivity contribution in [3.63, 3.8) is 0 Å². The molecule has 162 valence electrons. The van der Waals surface area contributed by atoms with Crippen LogP contribution >= 0.6 is 22.7 Å². The normalized spacial score (nSPS) is 14.5. The molecule has 3 heterocycles. The SMILES string of the molecule is CCCN(C(=O)Cc1csc(-c2cccs2)n1)C1CCN(C(=O)c2ccccc2)CC1. The maximum Gasteiger partial charge on any atom is 0.253 e. The Balaban J connectivity index is 1.36. The van der Waals surface area contributed by atoms with E-state index in [9.17, 15) is 9.59 Å². The molecule has 0 unspecified atom stereocenters. The van der Waals surface area contributed by atoms with Gasteiger partial charge in [0.25, 0.3) is 5.91 Å². The van der Waals surface area contributed by atoms with Gasteiger partial charge in [0.15, 0.2) is 0 Å². The molecular formula is C24H27N3O2S2. The Labute approximate surface area is 191 Å². The topological polar surface area (TPSA) is 53.5 Å². The number of nitrogens with zero attached hydrogens (tertiary/aromatic N) is 3. The fourth-order valence-electron chi connectivity index (χ4n) is 4.05. The van der Waals surface area contributed by atoms with Gasteiger partial charge in [-0.2, -0.15) is 0 Å². The number of carbonyl (C=O) groups is 2. The van der Waals surface area contributed by atoms with Crippen LogP contribution in [0.3, 0.4) is 0 Å². The monoisotopic (exact) mass is 453 g/mol. The Morgan fingerprint density at radius 1 is 1.10 bits per heavy atom. The summed E-state index contributed by atoms with van der Waals surface area (Å²) >= 11 is 3.26. The number of piperidine rings is 1. The molecule has 0 atom stereocenters. The second kappa shape index (κ2) is 10.2. The first-order chi connectivity index (χ1) is 15.2. The van der Waals surface area contributed by atoms with E-state index in [0.717, 1.165) is 46.9 Å². The van der Waals surface area contributed by atoms with Gasteiger partial charge in [0.05, 0.1) is 17.0 Å². The fourth-order valence-corrected chi connectivity index (χ4v) is 5.69. The molecule has 3 aromatic rings. The molecule has 0 bridgehead atoms. The third-order valence-electron chi connectivity index (χ3n) is 5.61. The minimum absolute atomic E-state index is 0.0796. The van der Waals surface area contributed by atoms with Crippen molar-refractivity contribution in [1.82, 2.24) is 14.8 Å². The zero-order valence-corrected chi connectivity index (χ0v) is 19.3. The van der Waals surface area contributed by atoms with Crippen LogP contribution in [-0.4, -0.2) is 52.3 Å². The van der Waals surface area contributed by atoms with Gasteiger partial charge >= 0.3 is 0 Å². The van der Waals surface area contributed by atoms with Crippen molar-refractivity contribution >= 4 is 34.5 Å². The van der Waals surface area contributed by atoms with Crippen LogP contribution < -0.4 is 0 Å². The largest absolute Gasteiger partial charge is 0.339 e. The van der Waals surface area contributed by atoms with E-state index in [-0.39, 0.29) is 17.9 Å². The third kappa shape index (κ3) is 5.22. The van der Waals surface area contributed by atoms with Crippen LogP contribution in [0.2, 0.25) is 0 Å². The van der Waals surface area contributed by atoms with Gasteiger partial charge in [-0.05, 0) is 42.8 Å². The number of aromatic nitrogens is 1. The van der Waals surface area contributed by atoms with Gasteiger partial charge in [0, 0.05) is 36.6 Å². The molecule has 1 fully saturated rings. The Bertz CT molecular complexity index is 993. The van der Waals surface area contributed by atoms with E-state index < -0.39 is 0 Å². The highest BCUT2D eigenvalue weighted by molar-refractivity contribution is 7.20. The molecule has 0 N–H and O–H groups in total. The lowest BCUT2D eigenvalue weighted by Crippen LogP contribution is -2.49. The predicted octanol–water partition coefficient (Wildman–Crippen LogP) is 4.96. The summed E-state index contributed by atoms with van der Waals surface area (Å²) in [5, 5.41) is 5.02. The minimum atomic E-state index is 0.0796. The van der Waals surface area contributed by atoms with Gasteiger partial charge in [0.2, 0.25) is 5.91 Å². The number of thiazole rings is 1. The van der Waals surface area contributed by atoms with Crippen LogP contribution in [0.1, 0.15) is 42.2 Å². The van der Waals surface area contributed by atoms with Gasteiger partial charge < -0.3 is 9.80 Å². The molecule has 1 aliphatic heterocycles. The summed E-state index contributed by atoms with van der Waals surface area (Å²) in [7, 11) is 0. The number of hydrogen-bond acceptors (Lipinski definition) is 5. The number of likely N-dealkylation sites (tertiary alicyclic amines) is 1. The Morgan fingerprint density at radius 2 is 1.87 bits per heavy atom. The molecule has 5 nitrogen and oxygen atoms in total. The van der Waals surface area contributed by atoms with Crippen LogP contribution in [0, 0.1) is 0 Å². The number of amides is 2. The smallest absolute Gasteiger partial charge is 0.253 e. The van der Waals surface area contributed by atoms with Crippen molar-refractivity contribution in [1.29, 1.82) is 0 Å². The van der Waals surface area contributed by atoms with Crippen molar-refractivity contribution in [3.05, 3.63) is 64.5 Å². The fraction of sp³-hybridized carbons (Fsp3) is 0.375. The lowest BCUT2D eigenvalue weighted by molar-refractivity contribution is -0.133. The summed E-state index contributed by atoms with van der Waals surface area (Å²) in [6, 6.07) is 13.7. The molecule has 31 heavy (non-hydrogen) atoms. The van der Waals surface area contributed by atoms with Crippen LogP contribution in [0.4, 0.5) is 0 Å². The molecule has 0 saturated carbocycles. The van der Waals surface area contributed by atoms with E-state index in [1.54, 1.807) is 22.7 Å². The molecule has 1 aromatic carbocycles. The van der Waals surface area contributed by atoms with E-state index in [0.29, 0.717) is 19.5 Å². The summed E-state index contributed by atoms with van der Waals surface area (Å²) in [6.07, 6.45) is 2.90. The highest BCUT2D eigenvalue weighted by atomic mass is 32.1. The van der Waals surface area contributed by atoms with Crippen molar-refractivity contribution in [2.45, 2.75) is 38.6 Å². The Morgan fingerprint density at radius 3 is 2.55 bits per heavy atom. The van der Waals surface area contributed by atoms with Gasteiger partial charge in [-0.3, -0.25) is 9.59 Å². The van der Waals surface area contributed by atoms with Crippen molar-refractivity contribution in [3.8, 4) is 9.88 Å². The lowest BCUT2D eigenvalue weighted by atomic mass is 10.0. The lowest BCUT2D eigenvalue weighted by Gasteiger charge is -2.38. The summed E-state index contributed by atoms with van der Waals surface area (Å²) in [4.78, 5) is 35.6. The summed E-state index contributed by atoms with van der Waals surface area (Å²) in [6.45, 7) is 4.22. The first-order valence-corrected chi connectivity index (χ1v) is 12.5. The molecule has 0 spiro atoms. The number of carbonyl (C=O) groups excluding carboxylic acids is 2. The van der Waals surface area contributed by atoms with Crippen LogP contribution in [0.25, 0.3) is 9.88 Å². The molecule has 0 radical (unpaired) electrons. The van der Waals surface area contributed by atoms with Gasteiger partial charge in [-0.1, -0.05) is 31.2 Å². The highest BCUT2D eigenvalue weighted by Crippen LogP contribution is 2.28. The molecule has 1 saturated heterocycles. The summed E-state index contributed by atoms with van der Waals surface area (Å²) < 4.78 is 0. The van der Waals surface area contributed by atoms with E-state index in [4.69, 9.17) is 0 Å². The Kier molecular flexibility index (Phi) is 7.14. The van der Waals surface area contributed by atoms with Gasteiger partial charge in [-0.25, -0.2) is 4.98 Å². The maximum absolute atomic E-state index is 13.1. The number of benzene rings is 1. The quantitative estimate of drug-likeness (QED) is 0.508. The number of thiophene rings is 1. The van der Waals surface area contributed by atoms with E-state index in [1.807, 2.05) is 57.0 Å². The molecule has 1 aliphatic rings. The van der Waals surface area contributed by atoms with Gasteiger partial charge in [0.1, 0.15) is 5.01 Å². The van der Waals surface area contributed by atoms with Crippen LogP contribution in [-0.2, 0) is 11.2 Å². The van der Waals surface area contributed by atoms with Crippen LogP contribution in [0.15, 0.2) is 53.2 Å². The van der Waals surface area contributed by atoms with Crippen LogP contribution in [0.5, 0.6) is 0 Å². The molecular weight excluding hydrogens is 426 g/mol. The maximum atomic E-state index is 13.1. The molecule has 2 aromatic heterocycles. The van der Waals surface area contributed by atoms with Crippen molar-refractivity contribution in [2.24, 2.45) is 0 Å². The number of rotatable bonds is 7. The second-order valence-electron chi connectivity index (χ2n) is 7.77. The third-order valence-corrected chi connectivity index (χ3v) is 7.54. The standard InChI is InChI=1S/C24H27N3O2S2/c1-2-12-27(22(28)16-19-17-31-23(25-19)21-9-6-15-30-21)20-10-13-26(14-11-20)24(29)18-7-4-3-5-8-18/h3-9,15,17,20H,2,10-14,16H2,1H3. The molecule has 2 amide bonds. The molecule has 0 aliphatic carbocycles. The molecule has 7 heteroatoms. The highest BCUT2D eigenvalue weighted by Gasteiger charge is 2.29. The Hall–Kier alpha value is -2.51. The second-order valence-corrected chi connectivity index (χ2v) is 9.58. The average molecular weight is 454 g/mol. The summed E-state index contributed by atoms with van der Waals surface area (Å²) in [5.74, 6) is 0.216. The predicted molar refractivity (Wildman–Crippen MR) is 127 cm³/mol.